The van der Waals surface area contributed by atoms with Gasteiger partial charge in [0.25, 0.3) is 0 Å². The van der Waals surface area contributed by atoms with Crippen molar-refractivity contribution in [3.05, 3.63) is 36.9 Å². The normalized spacial score (nSPS) is 11.1. The number of halogens is 1. The summed E-state index contributed by atoms with van der Waals surface area (Å²) in [6.07, 6.45) is 3.23. The van der Waals surface area contributed by atoms with Crippen LogP contribution in [0.4, 0.5) is 5.69 Å². The van der Waals surface area contributed by atoms with Crippen LogP contribution in [0.3, 0.4) is 0 Å². The van der Waals surface area contributed by atoms with E-state index >= 15 is 0 Å². The minimum atomic E-state index is -0.465. The number of nitrogens with two attached hydrogens (primary N) is 1. The molecule has 0 fully saturated rings. The van der Waals surface area contributed by atoms with Crippen molar-refractivity contribution in [1.29, 1.82) is 0 Å². The number of benzene rings is 1. The molecule has 0 aliphatic carbocycles. The Bertz CT molecular complexity index is 410. The van der Waals surface area contributed by atoms with Gasteiger partial charge >= 0.3 is 0 Å². The second-order valence-corrected chi connectivity index (χ2v) is 4.01. The van der Waals surface area contributed by atoms with Gasteiger partial charge in [-0.05, 0) is 18.6 Å². The number of hydrogen-bond acceptors (Lipinski definition) is 3. The predicted octanol–water partition coefficient (Wildman–Crippen LogP) is 2.74. The number of carbonyl (C=O) groups excluding carboxylic acids is 1. The lowest BCUT2D eigenvalue weighted by Gasteiger charge is -2.12. The van der Waals surface area contributed by atoms with E-state index < -0.39 is 6.04 Å². The van der Waals surface area contributed by atoms with Gasteiger partial charge in [-0.3, -0.25) is 4.79 Å². The van der Waals surface area contributed by atoms with Crippen molar-refractivity contribution >= 4 is 24.0 Å². The van der Waals surface area contributed by atoms with Crippen LogP contribution in [0.25, 0.3) is 0 Å². The molecule has 0 aliphatic rings. The largest absolute Gasteiger partial charge is 0.489 e. The van der Waals surface area contributed by atoms with Gasteiger partial charge in [-0.1, -0.05) is 32.1 Å². The van der Waals surface area contributed by atoms with E-state index in [1.54, 1.807) is 18.2 Å². The van der Waals surface area contributed by atoms with Gasteiger partial charge in [-0.15, -0.1) is 12.4 Å². The van der Waals surface area contributed by atoms with E-state index in [4.69, 9.17) is 10.5 Å². The Morgan fingerprint density at radius 2 is 2.32 bits per heavy atom. The summed E-state index contributed by atoms with van der Waals surface area (Å²) >= 11 is 0. The van der Waals surface area contributed by atoms with Crippen LogP contribution in [0.2, 0.25) is 0 Å². The van der Waals surface area contributed by atoms with E-state index in [1.165, 1.54) is 0 Å². The summed E-state index contributed by atoms with van der Waals surface area (Å²) in [5.74, 6) is 0.523. The lowest BCUT2D eigenvalue weighted by Crippen LogP contribution is -2.35. The average Bonchev–Trinajstić information content (AvgIpc) is 2.37. The highest BCUT2D eigenvalue weighted by Gasteiger charge is 2.12. The fraction of sp³-hybridized carbons (Fsp3) is 0.357. The molecule has 5 heteroatoms. The van der Waals surface area contributed by atoms with Gasteiger partial charge in [0.05, 0.1) is 6.04 Å². The standard InChI is InChI=1S/C14H20N2O2.ClH/c1-3-6-13(15)14(17)16-11-7-5-8-12(10-11)18-9-4-2;/h4-5,7-8,10,13H,2-3,6,9,15H2,1H3,(H,16,17);1H. The average molecular weight is 285 g/mol. The Kier molecular flexibility index (Phi) is 8.66. The summed E-state index contributed by atoms with van der Waals surface area (Å²) in [4.78, 5) is 11.7. The van der Waals surface area contributed by atoms with Crippen molar-refractivity contribution in [2.24, 2.45) is 5.73 Å². The zero-order valence-corrected chi connectivity index (χ0v) is 11.9. The van der Waals surface area contributed by atoms with E-state index in [0.29, 0.717) is 24.5 Å². The Hall–Kier alpha value is -1.52. The first kappa shape index (κ1) is 17.5. The van der Waals surface area contributed by atoms with E-state index in [0.717, 1.165) is 6.42 Å². The molecule has 0 bridgehead atoms. The summed E-state index contributed by atoms with van der Waals surface area (Å²) in [5, 5.41) is 2.77. The summed E-state index contributed by atoms with van der Waals surface area (Å²) in [5.41, 5.74) is 6.43. The molecule has 0 aliphatic heterocycles. The molecule has 19 heavy (non-hydrogen) atoms. The fourth-order valence-corrected chi connectivity index (χ4v) is 1.50. The molecular formula is C14H21ClN2O2. The number of amides is 1. The summed E-state index contributed by atoms with van der Waals surface area (Å²) in [6.45, 7) is 6.01. The molecule has 0 spiro atoms. The monoisotopic (exact) mass is 284 g/mol. The lowest BCUT2D eigenvalue weighted by molar-refractivity contribution is -0.117. The van der Waals surface area contributed by atoms with Crippen molar-refractivity contribution in [2.75, 3.05) is 11.9 Å². The first-order valence-corrected chi connectivity index (χ1v) is 6.07. The van der Waals surface area contributed by atoms with Crippen LogP contribution in [0.1, 0.15) is 19.8 Å². The van der Waals surface area contributed by atoms with Gasteiger partial charge < -0.3 is 15.8 Å². The molecule has 1 amide bonds. The molecular weight excluding hydrogens is 264 g/mol. The van der Waals surface area contributed by atoms with Gasteiger partial charge in [0.1, 0.15) is 12.4 Å². The minimum Gasteiger partial charge on any atom is -0.489 e. The maximum atomic E-state index is 11.7. The van der Waals surface area contributed by atoms with Crippen LogP contribution in [0, 0.1) is 0 Å². The topological polar surface area (TPSA) is 64.3 Å². The fourth-order valence-electron chi connectivity index (χ4n) is 1.50. The van der Waals surface area contributed by atoms with Crippen molar-refractivity contribution in [1.82, 2.24) is 0 Å². The smallest absolute Gasteiger partial charge is 0.241 e. The molecule has 1 unspecified atom stereocenters. The Morgan fingerprint density at radius 1 is 1.58 bits per heavy atom. The molecule has 4 nitrogen and oxygen atoms in total. The summed E-state index contributed by atoms with van der Waals surface area (Å²) in [7, 11) is 0. The highest BCUT2D eigenvalue weighted by molar-refractivity contribution is 5.94. The van der Waals surface area contributed by atoms with Crippen molar-refractivity contribution in [3.63, 3.8) is 0 Å². The molecule has 0 radical (unpaired) electrons. The minimum absolute atomic E-state index is 0. The molecule has 106 valence electrons. The van der Waals surface area contributed by atoms with Crippen molar-refractivity contribution in [3.8, 4) is 5.75 Å². The van der Waals surface area contributed by atoms with E-state index in [-0.39, 0.29) is 18.3 Å². The number of anilines is 1. The Morgan fingerprint density at radius 3 is 2.95 bits per heavy atom. The lowest BCUT2D eigenvalue weighted by atomic mass is 10.1. The number of rotatable bonds is 7. The maximum Gasteiger partial charge on any atom is 0.241 e. The van der Waals surface area contributed by atoms with Crippen LogP contribution in [-0.2, 0) is 4.79 Å². The van der Waals surface area contributed by atoms with Crippen LogP contribution in [-0.4, -0.2) is 18.6 Å². The summed E-state index contributed by atoms with van der Waals surface area (Å²) in [6, 6.07) is 6.75. The molecule has 0 saturated carbocycles. The Labute approximate surface area is 120 Å². The molecule has 0 aromatic heterocycles. The van der Waals surface area contributed by atoms with Crippen molar-refractivity contribution in [2.45, 2.75) is 25.8 Å². The number of ether oxygens (including phenoxy) is 1. The molecule has 1 aromatic rings. The van der Waals surface area contributed by atoms with Gasteiger partial charge in [0.2, 0.25) is 5.91 Å². The van der Waals surface area contributed by atoms with Crippen molar-refractivity contribution < 1.29 is 9.53 Å². The predicted molar refractivity (Wildman–Crippen MR) is 80.9 cm³/mol. The van der Waals surface area contributed by atoms with E-state index in [1.807, 2.05) is 19.1 Å². The Balaban J connectivity index is 0.00000324. The zero-order valence-electron chi connectivity index (χ0n) is 11.1. The van der Waals surface area contributed by atoms with Crippen LogP contribution < -0.4 is 15.8 Å². The second-order valence-electron chi connectivity index (χ2n) is 4.01. The zero-order chi connectivity index (χ0) is 13.4. The number of nitrogens with one attached hydrogen (secondary N) is 1. The molecule has 1 atom stereocenters. The van der Waals surface area contributed by atoms with Gasteiger partial charge in [-0.25, -0.2) is 0 Å². The highest BCUT2D eigenvalue weighted by Crippen LogP contribution is 2.17. The first-order chi connectivity index (χ1) is 8.67. The quantitative estimate of drug-likeness (QED) is 0.757. The maximum absolute atomic E-state index is 11.7. The molecule has 1 aromatic carbocycles. The third-order valence-corrected chi connectivity index (χ3v) is 2.41. The summed E-state index contributed by atoms with van der Waals surface area (Å²) < 4.78 is 5.38. The number of carbonyl (C=O) groups is 1. The first-order valence-electron chi connectivity index (χ1n) is 6.07. The van der Waals surface area contributed by atoms with E-state index in [9.17, 15) is 4.79 Å². The van der Waals surface area contributed by atoms with Gasteiger partial charge in [0, 0.05) is 11.8 Å². The van der Waals surface area contributed by atoms with E-state index in [2.05, 4.69) is 11.9 Å². The second kappa shape index (κ2) is 9.42. The SMILES string of the molecule is C=CCOc1cccc(NC(=O)C(N)CCC)c1.Cl. The molecule has 0 saturated heterocycles. The molecule has 0 heterocycles. The van der Waals surface area contributed by atoms with Gasteiger partial charge in [0.15, 0.2) is 0 Å². The third kappa shape index (κ3) is 6.27. The molecule has 3 N–H and O–H groups in total. The van der Waals surface area contributed by atoms with Crippen LogP contribution >= 0.6 is 12.4 Å². The van der Waals surface area contributed by atoms with Crippen LogP contribution in [0.5, 0.6) is 5.75 Å². The third-order valence-electron chi connectivity index (χ3n) is 2.41. The van der Waals surface area contributed by atoms with Crippen LogP contribution in [0.15, 0.2) is 36.9 Å². The molecule has 1 rings (SSSR count). The van der Waals surface area contributed by atoms with Gasteiger partial charge in [-0.2, -0.15) is 0 Å². The number of hydrogen-bond donors (Lipinski definition) is 2. The highest BCUT2D eigenvalue weighted by atomic mass is 35.5.